The smallest absolute Gasteiger partial charge is 0.416 e. The molecule has 0 fully saturated rings. The van der Waals surface area contributed by atoms with Crippen LogP contribution in [0.1, 0.15) is 56.6 Å². The number of benzene rings is 1. The summed E-state index contributed by atoms with van der Waals surface area (Å²) in [6, 6.07) is 4.80. The van der Waals surface area contributed by atoms with Crippen molar-refractivity contribution < 1.29 is 36.6 Å². The lowest BCUT2D eigenvalue weighted by molar-refractivity contribution is -0.231. The van der Waals surface area contributed by atoms with Crippen molar-refractivity contribution in [3.63, 3.8) is 0 Å². The molecule has 0 bridgehead atoms. The van der Waals surface area contributed by atoms with Gasteiger partial charge >= 0.3 is 6.18 Å². The van der Waals surface area contributed by atoms with Gasteiger partial charge in [-0.2, -0.15) is 13.2 Å². The fourth-order valence-corrected chi connectivity index (χ4v) is 2.94. The minimum Gasteiger partial charge on any atom is -0.755 e. The Kier molecular flexibility index (Phi) is 10.0. The number of hydrogen-bond donors (Lipinski definition) is 1. The molecule has 1 aromatic carbocycles. The number of hydrogen-bond acceptors (Lipinski definition) is 5. The molecule has 0 saturated carbocycles. The zero-order chi connectivity index (χ0) is 20.3. The minimum atomic E-state index is -4.85. The molecule has 0 aliphatic carbocycles. The zero-order valence-electron chi connectivity index (χ0n) is 15.1. The summed E-state index contributed by atoms with van der Waals surface area (Å²) in [6.07, 6.45) is -0.122. The topological polar surface area (TPSA) is 87.7 Å². The summed E-state index contributed by atoms with van der Waals surface area (Å²) in [6.45, 7) is 1.52. The van der Waals surface area contributed by atoms with Gasteiger partial charge in [0.1, 0.15) is 0 Å². The molecule has 0 aliphatic rings. The number of unbranched alkanes of at least 4 members (excludes halogenated alkanes) is 4. The maximum atomic E-state index is 12.9. The van der Waals surface area contributed by atoms with Gasteiger partial charge in [0, 0.05) is 6.42 Å². The van der Waals surface area contributed by atoms with Crippen LogP contribution >= 0.6 is 7.82 Å². The van der Waals surface area contributed by atoms with Crippen LogP contribution in [-0.4, -0.2) is 12.5 Å². The summed E-state index contributed by atoms with van der Waals surface area (Å²) in [7, 11) is -4.85. The van der Waals surface area contributed by atoms with E-state index in [-0.39, 0.29) is 18.4 Å². The molecule has 10 heteroatoms. The van der Waals surface area contributed by atoms with Crippen molar-refractivity contribution in [1.82, 2.24) is 5.48 Å². The van der Waals surface area contributed by atoms with E-state index in [2.05, 4.69) is 16.1 Å². The summed E-state index contributed by atoms with van der Waals surface area (Å²) < 4.78 is 58.9. The summed E-state index contributed by atoms with van der Waals surface area (Å²) in [4.78, 5) is 23.1. The first-order valence-electron chi connectivity index (χ1n) is 8.74. The van der Waals surface area contributed by atoms with Crippen molar-refractivity contribution in [2.24, 2.45) is 0 Å². The van der Waals surface area contributed by atoms with E-state index < -0.39 is 32.1 Å². The number of phosphoric ester groups is 1. The van der Waals surface area contributed by atoms with Crippen LogP contribution in [0.3, 0.4) is 0 Å². The van der Waals surface area contributed by atoms with Crippen molar-refractivity contribution in [2.75, 3.05) is 6.61 Å². The lowest BCUT2D eigenvalue weighted by atomic mass is 10.0. The lowest BCUT2D eigenvalue weighted by Crippen LogP contribution is -2.25. The van der Waals surface area contributed by atoms with Crippen molar-refractivity contribution >= 4 is 13.7 Å². The van der Waals surface area contributed by atoms with E-state index >= 15 is 0 Å². The Bertz CT molecular complexity index is 639. The molecule has 0 spiro atoms. The average molecular weight is 410 g/mol. The molecule has 1 rings (SSSR count). The first-order valence-corrected chi connectivity index (χ1v) is 10.2. The maximum Gasteiger partial charge on any atom is 0.416 e. The Balaban J connectivity index is 2.36. The van der Waals surface area contributed by atoms with Crippen LogP contribution in [0.5, 0.6) is 0 Å². The molecule has 0 radical (unpaired) electrons. The SMILES string of the molecule is CCCCCCCC(=O)NOP(=O)([O-])OCCc1ccccc1C(F)(F)F. The van der Waals surface area contributed by atoms with Crippen LogP contribution in [-0.2, 0) is 31.1 Å². The molecule has 0 aliphatic heterocycles. The molecule has 1 N–H and O–H groups in total. The predicted octanol–water partition coefficient (Wildman–Crippen LogP) is 4.14. The van der Waals surface area contributed by atoms with Gasteiger partial charge in [-0.25, -0.2) is 10.1 Å². The number of amides is 1. The standard InChI is InChI=1S/C17H25F3NO5P/c1-2-3-4-5-6-11-16(22)21-26-27(23,24)25-13-12-14-9-7-8-10-15(14)17(18,19)20/h7-10H,2-6,11-13H2,1H3,(H,21,22)(H,23,24)/p-1. The van der Waals surface area contributed by atoms with Crippen LogP contribution in [0, 0.1) is 0 Å². The number of rotatable bonds is 12. The van der Waals surface area contributed by atoms with E-state index in [0.29, 0.717) is 6.42 Å². The monoisotopic (exact) mass is 410 g/mol. The summed E-state index contributed by atoms with van der Waals surface area (Å²) in [5.41, 5.74) is 0.827. The predicted molar refractivity (Wildman–Crippen MR) is 91.3 cm³/mol. The van der Waals surface area contributed by atoms with E-state index in [9.17, 15) is 27.4 Å². The molecular weight excluding hydrogens is 386 g/mol. The molecule has 6 nitrogen and oxygen atoms in total. The number of carbonyl (C=O) groups is 1. The largest absolute Gasteiger partial charge is 0.755 e. The van der Waals surface area contributed by atoms with Crippen LogP contribution < -0.4 is 10.4 Å². The highest BCUT2D eigenvalue weighted by atomic mass is 31.2. The average Bonchev–Trinajstić information content (AvgIpc) is 2.59. The third kappa shape index (κ3) is 9.91. The molecular formula is C17H24F3NO5P-. The fraction of sp³-hybridized carbons (Fsp3) is 0.588. The molecule has 1 atom stereocenters. The van der Waals surface area contributed by atoms with E-state index in [1.807, 2.05) is 0 Å². The Morgan fingerprint density at radius 1 is 1.19 bits per heavy atom. The van der Waals surface area contributed by atoms with Gasteiger partial charge in [-0.3, -0.25) is 9.36 Å². The highest BCUT2D eigenvalue weighted by molar-refractivity contribution is 7.45. The third-order valence-electron chi connectivity index (χ3n) is 3.72. The first-order chi connectivity index (χ1) is 12.7. The maximum absolute atomic E-state index is 12.9. The fourth-order valence-electron chi connectivity index (χ4n) is 2.36. The first kappa shape index (κ1) is 23.6. The molecule has 27 heavy (non-hydrogen) atoms. The Labute approximate surface area is 156 Å². The Morgan fingerprint density at radius 2 is 1.85 bits per heavy atom. The van der Waals surface area contributed by atoms with Crippen molar-refractivity contribution in [1.29, 1.82) is 0 Å². The van der Waals surface area contributed by atoms with E-state index in [4.69, 9.17) is 0 Å². The number of phosphoric acid groups is 1. The van der Waals surface area contributed by atoms with Gasteiger partial charge in [0.2, 0.25) is 5.91 Å². The minimum absolute atomic E-state index is 0.0962. The van der Waals surface area contributed by atoms with Crippen molar-refractivity contribution in [2.45, 2.75) is 58.0 Å². The van der Waals surface area contributed by atoms with Gasteiger partial charge < -0.3 is 9.42 Å². The summed E-state index contributed by atoms with van der Waals surface area (Å²) in [5.74, 6) is -0.603. The highest BCUT2D eigenvalue weighted by Crippen LogP contribution is 2.37. The van der Waals surface area contributed by atoms with Gasteiger partial charge in [-0.15, -0.1) is 0 Å². The van der Waals surface area contributed by atoms with E-state index in [0.717, 1.165) is 31.7 Å². The van der Waals surface area contributed by atoms with Crippen LogP contribution in [0.15, 0.2) is 24.3 Å². The number of alkyl halides is 3. The second kappa shape index (κ2) is 11.4. The Hall–Kier alpha value is -1.41. The quantitative estimate of drug-likeness (QED) is 0.318. The van der Waals surface area contributed by atoms with E-state index in [1.54, 1.807) is 5.48 Å². The second-order valence-electron chi connectivity index (χ2n) is 5.97. The van der Waals surface area contributed by atoms with Crippen LogP contribution in [0.2, 0.25) is 0 Å². The number of nitrogens with one attached hydrogen (secondary N) is 1. The van der Waals surface area contributed by atoms with Gasteiger partial charge in [-0.05, 0) is 24.5 Å². The van der Waals surface area contributed by atoms with Crippen molar-refractivity contribution in [3.05, 3.63) is 35.4 Å². The number of carbonyl (C=O) groups excluding carboxylic acids is 1. The second-order valence-corrected chi connectivity index (χ2v) is 7.30. The molecule has 0 aromatic heterocycles. The van der Waals surface area contributed by atoms with Gasteiger partial charge in [-0.1, -0.05) is 50.8 Å². The van der Waals surface area contributed by atoms with Crippen LogP contribution in [0.4, 0.5) is 13.2 Å². The normalized spacial score (nSPS) is 14.0. The zero-order valence-corrected chi connectivity index (χ0v) is 16.0. The van der Waals surface area contributed by atoms with Crippen molar-refractivity contribution in [3.8, 4) is 0 Å². The van der Waals surface area contributed by atoms with Gasteiger partial charge in [0.25, 0.3) is 7.82 Å². The molecule has 1 unspecified atom stereocenters. The van der Waals surface area contributed by atoms with Gasteiger partial charge in [0.05, 0.1) is 12.2 Å². The highest BCUT2D eigenvalue weighted by Gasteiger charge is 2.32. The molecule has 154 valence electrons. The summed E-state index contributed by atoms with van der Waals surface area (Å²) in [5, 5.41) is 0. The third-order valence-corrected chi connectivity index (χ3v) is 4.54. The Morgan fingerprint density at radius 3 is 2.52 bits per heavy atom. The molecule has 0 heterocycles. The van der Waals surface area contributed by atoms with Gasteiger partial charge in [0.15, 0.2) is 0 Å². The number of halogens is 3. The lowest BCUT2D eigenvalue weighted by Gasteiger charge is -2.22. The van der Waals surface area contributed by atoms with Crippen LogP contribution in [0.25, 0.3) is 0 Å². The summed E-state index contributed by atoms with van der Waals surface area (Å²) >= 11 is 0. The molecule has 0 saturated heterocycles. The number of hydroxylamine groups is 1. The van der Waals surface area contributed by atoms with E-state index in [1.165, 1.54) is 18.2 Å². The molecule has 1 aromatic rings. The molecule has 1 amide bonds.